The topological polar surface area (TPSA) is 37.3 Å². The highest BCUT2D eigenvalue weighted by molar-refractivity contribution is 6.08. The van der Waals surface area contributed by atoms with E-state index in [1.807, 2.05) is 26.8 Å². The summed E-state index contributed by atoms with van der Waals surface area (Å²) in [4.78, 5) is 11.3. The van der Waals surface area contributed by atoms with Crippen LogP contribution in [0.5, 0.6) is 0 Å². The van der Waals surface area contributed by atoms with E-state index in [1.165, 1.54) is 12.2 Å². The Kier molecular flexibility index (Phi) is 2.83. The maximum absolute atomic E-state index is 11.3. The average Bonchev–Trinajstić information content (AvgIpc) is 2.29. The summed E-state index contributed by atoms with van der Waals surface area (Å²) < 4.78 is 0. The van der Waals surface area contributed by atoms with Gasteiger partial charge in [-0.3, -0.25) is 4.79 Å². The lowest BCUT2D eigenvalue weighted by Crippen LogP contribution is -2.09. The van der Waals surface area contributed by atoms with Crippen LogP contribution in [-0.4, -0.2) is 17.0 Å². The van der Waals surface area contributed by atoms with E-state index in [1.54, 1.807) is 0 Å². The predicted molar refractivity (Wildman–Crippen MR) is 52.3 cm³/mol. The molecule has 0 aliphatic heterocycles. The number of ketones is 1. The van der Waals surface area contributed by atoms with Crippen molar-refractivity contribution in [3.63, 3.8) is 0 Å². The molecule has 2 nitrogen and oxygen atoms in total. The van der Waals surface area contributed by atoms with Crippen molar-refractivity contribution in [2.75, 3.05) is 0 Å². The smallest absolute Gasteiger partial charge is 0.184 e. The quantitative estimate of drug-likeness (QED) is 0.621. The van der Waals surface area contributed by atoms with Crippen LogP contribution in [-0.2, 0) is 4.79 Å². The van der Waals surface area contributed by atoms with Gasteiger partial charge in [0.2, 0.25) is 0 Å². The lowest BCUT2D eigenvalue weighted by atomic mass is 10.0. The van der Waals surface area contributed by atoms with Gasteiger partial charge in [-0.1, -0.05) is 11.6 Å². The highest BCUT2D eigenvalue weighted by Gasteiger charge is 2.22. The Balaban J connectivity index is 3.05. The molecule has 2 heteroatoms. The summed E-state index contributed by atoms with van der Waals surface area (Å²) in [6.07, 6.45) is 4.12. The Hall–Kier alpha value is -1.15. The lowest BCUT2D eigenvalue weighted by molar-refractivity contribution is -0.111. The summed E-state index contributed by atoms with van der Waals surface area (Å²) >= 11 is 0. The molecule has 1 rings (SSSR count). The highest BCUT2D eigenvalue weighted by Crippen LogP contribution is 2.19. The Morgan fingerprint density at radius 1 is 1.46 bits per heavy atom. The fourth-order valence-corrected chi connectivity index (χ4v) is 1.45. The van der Waals surface area contributed by atoms with E-state index in [0.29, 0.717) is 5.57 Å². The van der Waals surface area contributed by atoms with Crippen molar-refractivity contribution >= 4 is 5.78 Å². The zero-order valence-electron chi connectivity index (χ0n) is 8.16. The van der Waals surface area contributed by atoms with Gasteiger partial charge in [-0.05, 0) is 38.5 Å². The molecule has 1 unspecified atom stereocenters. The van der Waals surface area contributed by atoms with E-state index in [-0.39, 0.29) is 5.78 Å². The normalized spacial score (nSPS) is 24.9. The van der Waals surface area contributed by atoms with E-state index in [9.17, 15) is 9.90 Å². The monoisotopic (exact) mass is 178 g/mol. The molecule has 1 atom stereocenters. The highest BCUT2D eigenvalue weighted by atomic mass is 16.3. The van der Waals surface area contributed by atoms with Crippen molar-refractivity contribution in [2.45, 2.75) is 26.9 Å². The van der Waals surface area contributed by atoms with Gasteiger partial charge >= 0.3 is 0 Å². The van der Waals surface area contributed by atoms with Gasteiger partial charge in [-0.2, -0.15) is 0 Å². The number of allylic oxidation sites excluding steroid dienone is 4. The number of carbonyl (C=O) groups is 1. The predicted octanol–water partition coefficient (Wildman–Crippen LogP) is 1.77. The van der Waals surface area contributed by atoms with Gasteiger partial charge in [-0.15, -0.1) is 0 Å². The van der Waals surface area contributed by atoms with Crippen LogP contribution in [0.1, 0.15) is 20.8 Å². The summed E-state index contributed by atoms with van der Waals surface area (Å²) in [5.41, 5.74) is 2.47. The molecule has 0 aromatic heterocycles. The summed E-state index contributed by atoms with van der Waals surface area (Å²) in [6.45, 7) is 5.77. The van der Waals surface area contributed by atoms with Gasteiger partial charge in [0, 0.05) is 5.57 Å². The van der Waals surface area contributed by atoms with E-state index < -0.39 is 6.10 Å². The number of aliphatic hydroxyl groups excluding tert-OH is 1. The van der Waals surface area contributed by atoms with E-state index >= 15 is 0 Å². The Bertz CT molecular complexity index is 315. The van der Waals surface area contributed by atoms with Gasteiger partial charge in [0.1, 0.15) is 6.10 Å². The van der Waals surface area contributed by atoms with Crippen LogP contribution in [0.15, 0.2) is 34.9 Å². The molecule has 0 aromatic carbocycles. The van der Waals surface area contributed by atoms with Crippen molar-refractivity contribution in [3.8, 4) is 0 Å². The minimum Gasteiger partial charge on any atom is -0.384 e. The summed E-state index contributed by atoms with van der Waals surface area (Å²) in [7, 11) is 0. The summed E-state index contributed by atoms with van der Waals surface area (Å²) in [5, 5.41) is 9.45. The molecule has 0 amide bonds. The lowest BCUT2D eigenvalue weighted by Gasteiger charge is -2.05. The molecule has 1 aliphatic rings. The van der Waals surface area contributed by atoms with Gasteiger partial charge in [-0.25, -0.2) is 0 Å². The van der Waals surface area contributed by atoms with Gasteiger partial charge < -0.3 is 5.11 Å². The molecule has 0 bridgehead atoms. The number of rotatable bonds is 1. The van der Waals surface area contributed by atoms with Gasteiger partial charge in [0.25, 0.3) is 0 Å². The van der Waals surface area contributed by atoms with Crippen LogP contribution < -0.4 is 0 Å². The molecule has 1 N–H and O–H groups in total. The zero-order chi connectivity index (χ0) is 10.0. The molecule has 0 heterocycles. The van der Waals surface area contributed by atoms with Crippen LogP contribution in [0.3, 0.4) is 0 Å². The fourth-order valence-electron chi connectivity index (χ4n) is 1.45. The molecule has 0 saturated heterocycles. The fraction of sp³-hybridized carbons (Fsp3) is 0.364. The van der Waals surface area contributed by atoms with Crippen LogP contribution >= 0.6 is 0 Å². The van der Waals surface area contributed by atoms with Crippen LogP contribution in [0.4, 0.5) is 0 Å². The molecule has 1 aliphatic carbocycles. The third kappa shape index (κ3) is 2.16. The van der Waals surface area contributed by atoms with E-state index in [2.05, 4.69) is 0 Å². The van der Waals surface area contributed by atoms with E-state index in [4.69, 9.17) is 0 Å². The number of aliphatic hydroxyl groups is 1. The Morgan fingerprint density at radius 3 is 2.46 bits per heavy atom. The standard InChI is InChI=1S/C11H14O2/c1-7(2)6-8(3)11-9(12)4-5-10(11)13/h4-6,9,12H,1-3H3/b11-8-. The van der Waals surface area contributed by atoms with Crippen LogP contribution in [0, 0.1) is 0 Å². The molecular weight excluding hydrogens is 164 g/mol. The van der Waals surface area contributed by atoms with Crippen molar-refractivity contribution in [3.05, 3.63) is 34.9 Å². The second-order valence-corrected chi connectivity index (χ2v) is 3.49. The largest absolute Gasteiger partial charge is 0.384 e. The zero-order valence-corrected chi connectivity index (χ0v) is 8.16. The molecular formula is C11H14O2. The number of hydrogen-bond acceptors (Lipinski definition) is 2. The first-order chi connectivity index (χ1) is 6.02. The molecule has 0 spiro atoms. The Labute approximate surface area is 78.3 Å². The third-order valence-corrected chi connectivity index (χ3v) is 1.92. The van der Waals surface area contributed by atoms with Crippen molar-refractivity contribution in [1.29, 1.82) is 0 Å². The molecule has 13 heavy (non-hydrogen) atoms. The first-order valence-electron chi connectivity index (χ1n) is 4.28. The van der Waals surface area contributed by atoms with Crippen molar-refractivity contribution in [2.24, 2.45) is 0 Å². The minimum absolute atomic E-state index is 0.0810. The second-order valence-electron chi connectivity index (χ2n) is 3.49. The maximum atomic E-state index is 11.3. The minimum atomic E-state index is -0.719. The average molecular weight is 178 g/mol. The van der Waals surface area contributed by atoms with Crippen LogP contribution in [0.25, 0.3) is 0 Å². The number of hydrogen-bond donors (Lipinski definition) is 1. The molecule has 0 saturated carbocycles. The first-order valence-corrected chi connectivity index (χ1v) is 4.28. The molecule has 0 fully saturated rings. The molecule has 0 aromatic rings. The van der Waals surface area contributed by atoms with Gasteiger partial charge in [0.05, 0.1) is 0 Å². The SMILES string of the molecule is CC(C)=C/C(C)=C1\C(=O)C=CC1O. The van der Waals surface area contributed by atoms with Crippen molar-refractivity contribution < 1.29 is 9.90 Å². The Morgan fingerprint density at radius 2 is 2.08 bits per heavy atom. The molecule has 0 radical (unpaired) electrons. The third-order valence-electron chi connectivity index (χ3n) is 1.92. The van der Waals surface area contributed by atoms with Crippen molar-refractivity contribution in [1.82, 2.24) is 0 Å². The first kappa shape index (κ1) is 9.93. The van der Waals surface area contributed by atoms with Gasteiger partial charge in [0.15, 0.2) is 5.78 Å². The summed E-state index contributed by atoms with van der Waals surface area (Å²) in [6, 6.07) is 0. The summed E-state index contributed by atoms with van der Waals surface area (Å²) in [5.74, 6) is -0.0810. The molecule has 70 valence electrons. The number of carbonyl (C=O) groups excluding carboxylic acids is 1. The maximum Gasteiger partial charge on any atom is 0.184 e. The second kappa shape index (κ2) is 3.71. The van der Waals surface area contributed by atoms with E-state index in [0.717, 1.165) is 11.1 Å². The van der Waals surface area contributed by atoms with Crippen LogP contribution in [0.2, 0.25) is 0 Å².